The van der Waals surface area contributed by atoms with Crippen LogP contribution in [0.2, 0.25) is 0 Å². The summed E-state index contributed by atoms with van der Waals surface area (Å²) in [7, 11) is 0. The van der Waals surface area contributed by atoms with E-state index in [1.165, 1.54) is 18.5 Å². The summed E-state index contributed by atoms with van der Waals surface area (Å²) in [5.74, 6) is 0.382. The number of nitro benzene ring substituents is 1. The van der Waals surface area contributed by atoms with Crippen LogP contribution < -0.4 is 10.9 Å². The number of anilines is 1. The van der Waals surface area contributed by atoms with Crippen LogP contribution in [-0.2, 0) is 0 Å². The van der Waals surface area contributed by atoms with Gasteiger partial charge in [-0.2, -0.15) is 0 Å². The average molecular weight is 361 g/mol. The SMILES string of the molecule is O=c1[nH]cnc2c1N=C(c1ccccc1)CC(c1ccc([N+](=O)[O-])cc1)N2. The number of aromatic nitrogens is 2. The van der Waals surface area contributed by atoms with E-state index in [1.807, 2.05) is 30.3 Å². The third kappa shape index (κ3) is 3.32. The first-order valence-corrected chi connectivity index (χ1v) is 8.33. The monoisotopic (exact) mass is 361 g/mol. The Morgan fingerprint density at radius 2 is 1.81 bits per heavy atom. The number of nitro groups is 1. The zero-order valence-corrected chi connectivity index (χ0v) is 14.1. The molecule has 0 bridgehead atoms. The molecule has 27 heavy (non-hydrogen) atoms. The van der Waals surface area contributed by atoms with Crippen LogP contribution in [0, 0.1) is 10.1 Å². The van der Waals surface area contributed by atoms with Crippen molar-refractivity contribution in [2.45, 2.75) is 12.5 Å². The first-order valence-electron chi connectivity index (χ1n) is 8.33. The van der Waals surface area contributed by atoms with Gasteiger partial charge in [-0.15, -0.1) is 0 Å². The van der Waals surface area contributed by atoms with Gasteiger partial charge in [0.05, 0.1) is 23.0 Å². The average Bonchev–Trinajstić information content (AvgIpc) is 2.90. The number of H-pyrrole nitrogens is 1. The Kier molecular flexibility index (Phi) is 4.21. The maximum atomic E-state index is 12.2. The Hall–Kier alpha value is -3.81. The summed E-state index contributed by atoms with van der Waals surface area (Å²) in [5, 5.41) is 14.2. The van der Waals surface area contributed by atoms with E-state index in [4.69, 9.17) is 0 Å². The van der Waals surface area contributed by atoms with Crippen molar-refractivity contribution in [3.8, 4) is 0 Å². The maximum Gasteiger partial charge on any atom is 0.278 e. The van der Waals surface area contributed by atoms with Crippen LogP contribution in [-0.4, -0.2) is 20.6 Å². The van der Waals surface area contributed by atoms with Gasteiger partial charge in [-0.05, 0) is 11.1 Å². The minimum Gasteiger partial charge on any atom is -0.361 e. The largest absolute Gasteiger partial charge is 0.361 e. The predicted molar refractivity (Wildman–Crippen MR) is 102 cm³/mol. The molecule has 2 heterocycles. The van der Waals surface area contributed by atoms with Gasteiger partial charge in [0, 0.05) is 18.6 Å². The van der Waals surface area contributed by atoms with Crippen molar-refractivity contribution in [1.29, 1.82) is 0 Å². The van der Waals surface area contributed by atoms with Gasteiger partial charge in [-0.25, -0.2) is 9.98 Å². The molecule has 0 radical (unpaired) electrons. The molecule has 4 rings (SSSR count). The molecular formula is C19H15N5O3. The predicted octanol–water partition coefficient (Wildman–Crippen LogP) is 3.36. The van der Waals surface area contributed by atoms with Crippen molar-refractivity contribution in [2.24, 2.45) is 4.99 Å². The zero-order valence-electron chi connectivity index (χ0n) is 14.1. The molecule has 1 aliphatic heterocycles. The second kappa shape index (κ2) is 6.83. The minimum absolute atomic E-state index is 0.0271. The van der Waals surface area contributed by atoms with Gasteiger partial charge in [0.25, 0.3) is 11.2 Å². The number of benzene rings is 2. The van der Waals surface area contributed by atoms with Crippen LogP contribution in [0.4, 0.5) is 17.2 Å². The molecule has 1 aliphatic rings. The van der Waals surface area contributed by atoms with Crippen molar-refractivity contribution in [3.05, 3.63) is 92.5 Å². The third-order valence-corrected chi connectivity index (χ3v) is 4.40. The summed E-state index contributed by atoms with van der Waals surface area (Å²) in [5.41, 5.74) is 2.41. The smallest absolute Gasteiger partial charge is 0.278 e. The molecule has 0 fully saturated rings. The lowest BCUT2D eigenvalue weighted by atomic mass is 9.97. The Labute approximate surface area is 153 Å². The second-order valence-electron chi connectivity index (χ2n) is 6.10. The summed E-state index contributed by atoms with van der Waals surface area (Å²) >= 11 is 0. The highest BCUT2D eigenvalue weighted by molar-refractivity contribution is 6.03. The number of nitrogens with zero attached hydrogens (tertiary/aromatic N) is 3. The number of fused-ring (bicyclic) bond motifs is 1. The van der Waals surface area contributed by atoms with Crippen LogP contribution in [0.25, 0.3) is 0 Å². The second-order valence-corrected chi connectivity index (χ2v) is 6.10. The van der Waals surface area contributed by atoms with E-state index >= 15 is 0 Å². The molecule has 8 heteroatoms. The van der Waals surface area contributed by atoms with E-state index < -0.39 is 4.92 Å². The zero-order chi connectivity index (χ0) is 18.8. The quantitative estimate of drug-likeness (QED) is 0.548. The van der Waals surface area contributed by atoms with Crippen molar-refractivity contribution in [3.63, 3.8) is 0 Å². The van der Waals surface area contributed by atoms with E-state index in [2.05, 4.69) is 20.3 Å². The molecule has 2 aromatic carbocycles. The van der Waals surface area contributed by atoms with Gasteiger partial charge in [-0.3, -0.25) is 14.9 Å². The normalized spacial score (nSPS) is 15.9. The highest BCUT2D eigenvalue weighted by Crippen LogP contribution is 2.32. The van der Waals surface area contributed by atoms with E-state index in [0.717, 1.165) is 16.8 Å². The highest BCUT2D eigenvalue weighted by Gasteiger charge is 2.23. The number of nitrogens with one attached hydrogen (secondary N) is 2. The molecule has 0 saturated heterocycles. The fraction of sp³-hybridized carbons (Fsp3) is 0.105. The summed E-state index contributed by atoms with van der Waals surface area (Å²) in [6.07, 6.45) is 1.82. The standard InChI is InChI=1S/C19H15N5O3/c25-19-17-18(20-11-21-19)23-16(13-6-8-14(9-7-13)24(26)27)10-15(22-17)12-4-2-1-3-5-12/h1-9,11,16H,10H2,(H2,20,21,23,25). The number of rotatable bonds is 3. The van der Waals surface area contributed by atoms with Crippen molar-refractivity contribution >= 4 is 22.9 Å². The molecule has 0 saturated carbocycles. The number of hydrogen-bond acceptors (Lipinski definition) is 6. The Morgan fingerprint density at radius 3 is 2.52 bits per heavy atom. The van der Waals surface area contributed by atoms with Gasteiger partial charge in [0.15, 0.2) is 11.5 Å². The number of non-ortho nitro benzene ring substituents is 1. The van der Waals surface area contributed by atoms with Crippen LogP contribution in [0.3, 0.4) is 0 Å². The molecular weight excluding hydrogens is 346 g/mol. The molecule has 0 aliphatic carbocycles. The van der Waals surface area contributed by atoms with Crippen molar-refractivity contribution < 1.29 is 4.92 Å². The molecule has 8 nitrogen and oxygen atoms in total. The maximum absolute atomic E-state index is 12.2. The lowest BCUT2D eigenvalue weighted by molar-refractivity contribution is -0.384. The van der Waals surface area contributed by atoms with E-state index in [0.29, 0.717) is 12.2 Å². The summed E-state index contributed by atoms with van der Waals surface area (Å²) in [6.45, 7) is 0. The van der Waals surface area contributed by atoms with Gasteiger partial charge in [0.1, 0.15) is 0 Å². The fourth-order valence-electron chi connectivity index (χ4n) is 3.03. The van der Waals surface area contributed by atoms with E-state index in [1.54, 1.807) is 12.1 Å². The first-order chi connectivity index (χ1) is 13.1. The molecule has 3 aromatic rings. The number of hydrogen-bond donors (Lipinski definition) is 2. The number of aromatic amines is 1. The molecule has 2 N–H and O–H groups in total. The molecule has 1 atom stereocenters. The van der Waals surface area contributed by atoms with Gasteiger partial charge in [0.2, 0.25) is 0 Å². The Bertz CT molecular complexity index is 1070. The summed E-state index contributed by atoms with van der Waals surface area (Å²) < 4.78 is 0. The molecule has 1 aromatic heterocycles. The topological polar surface area (TPSA) is 113 Å². The molecule has 1 unspecified atom stereocenters. The number of aliphatic imine (C=N–C) groups is 1. The summed E-state index contributed by atoms with van der Waals surface area (Å²) in [4.78, 5) is 34.0. The van der Waals surface area contributed by atoms with E-state index in [-0.39, 0.29) is 23.0 Å². The van der Waals surface area contributed by atoms with Crippen LogP contribution in [0.1, 0.15) is 23.6 Å². The van der Waals surface area contributed by atoms with Crippen molar-refractivity contribution in [1.82, 2.24) is 9.97 Å². The lowest BCUT2D eigenvalue weighted by Gasteiger charge is -2.18. The highest BCUT2D eigenvalue weighted by atomic mass is 16.6. The molecule has 0 spiro atoms. The van der Waals surface area contributed by atoms with Crippen molar-refractivity contribution in [2.75, 3.05) is 5.32 Å². The Morgan fingerprint density at radius 1 is 1.07 bits per heavy atom. The Balaban J connectivity index is 1.80. The minimum atomic E-state index is -0.433. The molecule has 134 valence electrons. The van der Waals surface area contributed by atoms with E-state index in [9.17, 15) is 14.9 Å². The fourth-order valence-corrected chi connectivity index (χ4v) is 3.03. The van der Waals surface area contributed by atoms with Gasteiger partial charge in [-0.1, -0.05) is 42.5 Å². The lowest BCUT2D eigenvalue weighted by Crippen LogP contribution is -2.15. The molecule has 0 amide bonds. The summed E-state index contributed by atoms with van der Waals surface area (Å²) in [6, 6.07) is 15.7. The van der Waals surface area contributed by atoms with Crippen LogP contribution in [0.5, 0.6) is 0 Å². The first kappa shape index (κ1) is 16.6. The van der Waals surface area contributed by atoms with Crippen LogP contribution in [0.15, 0.2) is 70.7 Å². The van der Waals surface area contributed by atoms with Gasteiger partial charge < -0.3 is 10.3 Å². The van der Waals surface area contributed by atoms with Crippen LogP contribution >= 0.6 is 0 Å². The third-order valence-electron chi connectivity index (χ3n) is 4.40. The van der Waals surface area contributed by atoms with Gasteiger partial charge >= 0.3 is 0 Å².